The molecule has 0 unspecified atom stereocenters. The zero-order chi connectivity index (χ0) is 23.7. The van der Waals surface area contributed by atoms with Gasteiger partial charge in [-0.05, 0) is 55.2 Å². The predicted octanol–water partition coefficient (Wildman–Crippen LogP) is 4.08. The number of fused-ring (bicyclic) bond motifs is 2. The Morgan fingerprint density at radius 3 is 2.94 bits per heavy atom. The number of carbonyl (C=O) groups is 2. The van der Waals surface area contributed by atoms with Gasteiger partial charge in [0.25, 0.3) is 0 Å². The van der Waals surface area contributed by atoms with Crippen LogP contribution in [-0.2, 0) is 21.4 Å². The number of aliphatic carboxylic acids is 1. The Bertz CT molecular complexity index is 1340. The molecule has 8 nitrogen and oxygen atoms in total. The van der Waals surface area contributed by atoms with E-state index in [0.717, 1.165) is 34.9 Å². The number of allylic oxidation sites excluding steroid dienone is 1. The van der Waals surface area contributed by atoms with Crippen LogP contribution in [-0.4, -0.2) is 28.6 Å². The number of carboxylic acid groups (broad SMARTS) is 1. The number of benzene rings is 2. The molecule has 1 amide bonds. The van der Waals surface area contributed by atoms with Crippen LogP contribution in [0.4, 0.5) is 5.69 Å². The van der Waals surface area contributed by atoms with E-state index < -0.39 is 5.97 Å². The van der Waals surface area contributed by atoms with Crippen molar-refractivity contribution >= 4 is 17.6 Å². The van der Waals surface area contributed by atoms with Crippen molar-refractivity contribution < 1.29 is 23.8 Å². The van der Waals surface area contributed by atoms with Gasteiger partial charge in [-0.2, -0.15) is 5.26 Å². The number of hydrogen-bond donors (Lipinski definition) is 2. The molecule has 1 saturated carbocycles. The van der Waals surface area contributed by atoms with Crippen molar-refractivity contribution in [1.82, 2.24) is 4.98 Å². The third kappa shape index (κ3) is 3.92. The first kappa shape index (κ1) is 21.5. The van der Waals surface area contributed by atoms with Crippen molar-refractivity contribution in [2.45, 2.75) is 24.7 Å². The normalized spacial score (nSPS) is 20.4. The molecule has 0 saturated heterocycles. The third-order valence-corrected chi connectivity index (χ3v) is 6.49. The number of nitrogens with zero attached hydrogens (tertiary/aromatic N) is 2. The minimum Gasteiger partial charge on any atom is -0.493 e. The van der Waals surface area contributed by atoms with Crippen molar-refractivity contribution in [2.24, 2.45) is 5.92 Å². The lowest BCUT2D eigenvalue weighted by Gasteiger charge is -2.27. The number of ether oxygens (including phenoxy) is 1. The summed E-state index contributed by atoms with van der Waals surface area (Å²) in [5.41, 5.74) is 3.15. The van der Waals surface area contributed by atoms with Gasteiger partial charge < -0.3 is 19.6 Å². The summed E-state index contributed by atoms with van der Waals surface area (Å²) in [6, 6.07) is 12.9. The molecule has 2 aromatic carbocycles. The lowest BCUT2D eigenvalue weighted by atomic mass is 9.86. The molecule has 2 atom stereocenters. The van der Waals surface area contributed by atoms with Crippen molar-refractivity contribution in [3.63, 3.8) is 0 Å². The van der Waals surface area contributed by atoms with Crippen LogP contribution in [0, 0.1) is 17.2 Å². The molecular formula is C26H21N3O5. The van der Waals surface area contributed by atoms with Gasteiger partial charge in [0.05, 0.1) is 24.4 Å². The van der Waals surface area contributed by atoms with Crippen LogP contribution < -0.4 is 10.1 Å². The fourth-order valence-corrected chi connectivity index (χ4v) is 4.69. The maximum absolute atomic E-state index is 13.3. The smallest absolute Gasteiger partial charge is 0.327 e. The Balaban J connectivity index is 1.40. The van der Waals surface area contributed by atoms with Gasteiger partial charge in [-0.15, -0.1) is 0 Å². The van der Waals surface area contributed by atoms with Crippen LogP contribution in [0.5, 0.6) is 5.75 Å². The second-order valence-corrected chi connectivity index (χ2v) is 8.48. The maximum atomic E-state index is 13.3. The maximum Gasteiger partial charge on any atom is 0.327 e. The number of anilines is 1. The highest BCUT2D eigenvalue weighted by Crippen LogP contribution is 2.61. The van der Waals surface area contributed by atoms with E-state index in [1.54, 1.807) is 24.4 Å². The molecule has 2 heterocycles. The highest BCUT2D eigenvalue weighted by atomic mass is 16.5. The Hall–Kier alpha value is -4.38. The van der Waals surface area contributed by atoms with Gasteiger partial charge in [-0.25, -0.2) is 9.78 Å². The summed E-state index contributed by atoms with van der Waals surface area (Å²) in [4.78, 5) is 28.3. The van der Waals surface area contributed by atoms with Gasteiger partial charge in [-0.3, -0.25) is 4.79 Å². The van der Waals surface area contributed by atoms with E-state index in [0.29, 0.717) is 36.6 Å². The van der Waals surface area contributed by atoms with Crippen LogP contribution in [0.15, 0.2) is 65.4 Å². The molecule has 1 aliphatic carbocycles. The summed E-state index contributed by atoms with van der Waals surface area (Å²) in [5.74, 6) is -0.141. The monoisotopic (exact) mass is 455 g/mol. The number of nitrogens with one attached hydrogen (secondary N) is 1. The first-order valence-corrected chi connectivity index (χ1v) is 10.9. The molecule has 5 rings (SSSR count). The van der Waals surface area contributed by atoms with Crippen LogP contribution in [0.25, 0.3) is 11.5 Å². The zero-order valence-corrected chi connectivity index (χ0v) is 18.2. The van der Waals surface area contributed by atoms with Crippen LogP contribution >= 0.6 is 0 Å². The van der Waals surface area contributed by atoms with E-state index in [2.05, 4.69) is 16.4 Å². The first-order chi connectivity index (χ1) is 16.5. The Kier molecular flexibility index (Phi) is 5.38. The van der Waals surface area contributed by atoms with Gasteiger partial charge in [0, 0.05) is 34.2 Å². The van der Waals surface area contributed by atoms with Crippen molar-refractivity contribution in [1.29, 1.82) is 5.26 Å². The van der Waals surface area contributed by atoms with Gasteiger partial charge in [0.1, 0.15) is 12.0 Å². The molecule has 170 valence electrons. The number of nitriles is 1. The Morgan fingerprint density at radius 1 is 1.29 bits per heavy atom. The van der Waals surface area contributed by atoms with Crippen LogP contribution in [0.2, 0.25) is 0 Å². The molecule has 0 radical (unpaired) electrons. The molecule has 1 aliphatic heterocycles. The van der Waals surface area contributed by atoms with Crippen LogP contribution in [0.3, 0.4) is 0 Å². The van der Waals surface area contributed by atoms with E-state index in [4.69, 9.17) is 14.3 Å². The predicted molar refractivity (Wildman–Crippen MR) is 122 cm³/mol. The van der Waals surface area contributed by atoms with Gasteiger partial charge in [0.15, 0.2) is 0 Å². The number of amides is 1. The first-order valence-electron chi connectivity index (χ1n) is 10.9. The minimum atomic E-state index is -1.04. The molecule has 34 heavy (non-hydrogen) atoms. The van der Waals surface area contributed by atoms with Crippen molar-refractivity contribution in [2.75, 3.05) is 11.9 Å². The number of carboxylic acids is 1. The van der Waals surface area contributed by atoms with Crippen molar-refractivity contribution in [3.05, 3.63) is 77.7 Å². The largest absolute Gasteiger partial charge is 0.493 e. The highest BCUT2D eigenvalue weighted by molar-refractivity contribution is 5.97. The minimum absolute atomic E-state index is 0.132. The SMILES string of the molecule is N#Cc1ccc(CC=CC(=O)O)c(NC(=O)[C@@H]2C[C@]23CCOc2ccc(-c4ncco4)cc23)c1. The summed E-state index contributed by atoms with van der Waals surface area (Å²) >= 11 is 0. The molecule has 1 fully saturated rings. The van der Waals surface area contributed by atoms with E-state index in [9.17, 15) is 14.9 Å². The number of aromatic nitrogens is 1. The summed E-state index contributed by atoms with van der Waals surface area (Å²) < 4.78 is 11.3. The molecule has 2 aliphatic rings. The molecule has 1 aromatic heterocycles. The second kappa shape index (κ2) is 8.52. The van der Waals surface area contributed by atoms with Crippen molar-refractivity contribution in [3.8, 4) is 23.3 Å². The average Bonchev–Trinajstić information content (AvgIpc) is 3.28. The van der Waals surface area contributed by atoms with Gasteiger partial charge in [-0.1, -0.05) is 12.1 Å². The molecule has 8 heteroatoms. The molecule has 2 N–H and O–H groups in total. The van der Waals surface area contributed by atoms with Gasteiger partial charge in [0.2, 0.25) is 11.8 Å². The third-order valence-electron chi connectivity index (χ3n) is 6.49. The van der Waals surface area contributed by atoms with Gasteiger partial charge >= 0.3 is 5.97 Å². The van der Waals surface area contributed by atoms with E-state index in [-0.39, 0.29) is 17.2 Å². The molecular weight excluding hydrogens is 434 g/mol. The van der Waals surface area contributed by atoms with Crippen LogP contribution in [0.1, 0.15) is 29.5 Å². The fraction of sp³-hybridized carbons (Fsp3) is 0.231. The highest BCUT2D eigenvalue weighted by Gasteiger charge is 2.61. The molecule has 0 bridgehead atoms. The molecule has 3 aromatic rings. The number of rotatable bonds is 6. The Labute approximate surface area is 195 Å². The average molecular weight is 455 g/mol. The molecule has 1 spiro atoms. The Morgan fingerprint density at radius 2 is 2.18 bits per heavy atom. The lowest BCUT2D eigenvalue weighted by molar-refractivity contribution is -0.131. The number of hydrogen-bond acceptors (Lipinski definition) is 6. The fourth-order valence-electron chi connectivity index (χ4n) is 4.69. The second-order valence-electron chi connectivity index (χ2n) is 8.48. The summed E-state index contributed by atoms with van der Waals surface area (Å²) in [6.45, 7) is 0.532. The quantitative estimate of drug-likeness (QED) is 0.537. The lowest BCUT2D eigenvalue weighted by Crippen LogP contribution is -2.27. The van der Waals surface area contributed by atoms with E-state index in [1.807, 2.05) is 18.2 Å². The standard InChI is InChI=1S/C26H21N3O5/c27-15-16-4-5-17(2-1-3-23(30)31)21(12-16)29-24(32)20-14-26(20)8-10-33-22-7-6-18(13-19(22)26)25-28-9-11-34-25/h1,3-7,9,11-13,20H,2,8,10,14H2,(H,29,32)(H,30,31)/t20-,26-/m0/s1. The summed E-state index contributed by atoms with van der Waals surface area (Å²) in [5, 5.41) is 21.1. The number of oxazole rings is 1. The summed E-state index contributed by atoms with van der Waals surface area (Å²) in [7, 11) is 0. The summed E-state index contributed by atoms with van der Waals surface area (Å²) in [6.07, 6.45) is 7.41. The topological polar surface area (TPSA) is 125 Å². The van der Waals surface area contributed by atoms with E-state index in [1.165, 1.54) is 12.3 Å². The van der Waals surface area contributed by atoms with E-state index >= 15 is 0 Å². The number of carbonyl (C=O) groups excluding carboxylic acids is 1. The zero-order valence-electron chi connectivity index (χ0n) is 18.2.